The van der Waals surface area contributed by atoms with Crippen LogP contribution in [0.5, 0.6) is 0 Å². The van der Waals surface area contributed by atoms with Gasteiger partial charge in [0.2, 0.25) is 5.91 Å². The van der Waals surface area contributed by atoms with Crippen molar-refractivity contribution in [2.45, 2.75) is 13.5 Å². The highest BCUT2D eigenvalue weighted by atomic mass is 16.5. The van der Waals surface area contributed by atoms with Crippen LogP contribution in [0.1, 0.15) is 17.3 Å². The third kappa shape index (κ3) is 4.47. The predicted molar refractivity (Wildman–Crippen MR) is 120 cm³/mol. The number of carbonyl (C=O) groups excluding carboxylic acids is 2. The van der Waals surface area contributed by atoms with E-state index in [1.807, 2.05) is 12.1 Å². The Labute approximate surface area is 184 Å². The number of esters is 1. The summed E-state index contributed by atoms with van der Waals surface area (Å²) in [5.41, 5.74) is 0.208. The zero-order chi connectivity index (χ0) is 22.5. The van der Waals surface area contributed by atoms with Crippen molar-refractivity contribution in [1.29, 1.82) is 0 Å². The molecule has 1 fully saturated rings. The first-order valence-corrected chi connectivity index (χ1v) is 10.5. The molecule has 0 spiro atoms. The molecule has 1 N–H and O–H groups in total. The van der Waals surface area contributed by atoms with Crippen LogP contribution in [0.2, 0.25) is 0 Å². The SMILES string of the molecule is CCOC(=O)c1ccccc1NC(=O)Cn1nc(N2CCOCC2)c2ccccc2c1=O. The first kappa shape index (κ1) is 21.5. The molecule has 1 amide bonds. The van der Waals surface area contributed by atoms with E-state index in [-0.39, 0.29) is 24.3 Å². The second-order valence-electron chi connectivity index (χ2n) is 7.25. The Bertz CT molecular complexity index is 1200. The van der Waals surface area contributed by atoms with Gasteiger partial charge in [0.05, 0.1) is 36.5 Å². The third-order valence-corrected chi connectivity index (χ3v) is 5.15. The number of benzene rings is 2. The highest BCUT2D eigenvalue weighted by Gasteiger charge is 2.20. The van der Waals surface area contributed by atoms with Crippen LogP contribution in [-0.2, 0) is 20.8 Å². The van der Waals surface area contributed by atoms with Gasteiger partial charge in [0.25, 0.3) is 5.56 Å². The summed E-state index contributed by atoms with van der Waals surface area (Å²) in [6, 6.07) is 13.8. The lowest BCUT2D eigenvalue weighted by Gasteiger charge is -2.29. The molecule has 2 heterocycles. The molecule has 0 radical (unpaired) electrons. The van der Waals surface area contributed by atoms with Crippen LogP contribution in [0.4, 0.5) is 11.5 Å². The molecule has 9 nitrogen and oxygen atoms in total. The predicted octanol–water partition coefficient (Wildman–Crippen LogP) is 2.05. The number of hydrogen-bond acceptors (Lipinski definition) is 7. The van der Waals surface area contributed by atoms with Gasteiger partial charge in [-0.3, -0.25) is 9.59 Å². The highest BCUT2D eigenvalue weighted by Crippen LogP contribution is 2.23. The van der Waals surface area contributed by atoms with E-state index >= 15 is 0 Å². The summed E-state index contributed by atoms with van der Waals surface area (Å²) in [6.07, 6.45) is 0. The van der Waals surface area contributed by atoms with E-state index in [1.54, 1.807) is 43.3 Å². The van der Waals surface area contributed by atoms with Crippen LogP contribution in [0.3, 0.4) is 0 Å². The molecule has 0 saturated carbocycles. The van der Waals surface area contributed by atoms with Crippen molar-refractivity contribution in [3.63, 3.8) is 0 Å². The fraction of sp³-hybridized carbons (Fsp3) is 0.304. The van der Waals surface area contributed by atoms with Gasteiger partial charge in [-0.25, -0.2) is 9.48 Å². The van der Waals surface area contributed by atoms with Gasteiger partial charge >= 0.3 is 5.97 Å². The summed E-state index contributed by atoms with van der Waals surface area (Å²) in [7, 11) is 0. The maximum Gasteiger partial charge on any atom is 0.340 e. The number of anilines is 2. The van der Waals surface area contributed by atoms with Crippen LogP contribution >= 0.6 is 0 Å². The Hall–Kier alpha value is -3.72. The highest BCUT2D eigenvalue weighted by molar-refractivity contribution is 6.01. The van der Waals surface area contributed by atoms with Crippen molar-refractivity contribution in [1.82, 2.24) is 9.78 Å². The fourth-order valence-corrected chi connectivity index (χ4v) is 3.64. The minimum Gasteiger partial charge on any atom is -0.462 e. The molecule has 0 bridgehead atoms. The Balaban J connectivity index is 1.64. The lowest BCUT2D eigenvalue weighted by atomic mass is 10.1. The first-order valence-electron chi connectivity index (χ1n) is 10.5. The monoisotopic (exact) mass is 436 g/mol. The number of hydrogen-bond donors (Lipinski definition) is 1. The van der Waals surface area contributed by atoms with Crippen molar-refractivity contribution < 1.29 is 19.1 Å². The quantitative estimate of drug-likeness (QED) is 0.590. The number of morpholine rings is 1. The molecule has 4 rings (SSSR count). The largest absolute Gasteiger partial charge is 0.462 e. The molecule has 3 aromatic rings. The van der Waals surface area contributed by atoms with E-state index in [4.69, 9.17) is 9.47 Å². The Morgan fingerprint density at radius 1 is 1.06 bits per heavy atom. The van der Waals surface area contributed by atoms with Crippen molar-refractivity contribution in [3.05, 3.63) is 64.4 Å². The number of nitrogens with zero attached hydrogens (tertiary/aromatic N) is 3. The lowest BCUT2D eigenvalue weighted by Crippen LogP contribution is -2.39. The van der Waals surface area contributed by atoms with E-state index in [2.05, 4.69) is 15.3 Å². The number of para-hydroxylation sites is 1. The van der Waals surface area contributed by atoms with Gasteiger partial charge in [-0.05, 0) is 25.1 Å². The maximum atomic E-state index is 13.0. The number of amides is 1. The zero-order valence-corrected chi connectivity index (χ0v) is 17.7. The molecule has 1 aliphatic heterocycles. The first-order chi connectivity index (χ1) is 15.6. The van der Waals surface area contributed by atoms with Crippen LogP contribution in [-0.4, -0.2) is 54.6 Å². The van der Waals surface area contributed by atoms with E-state index in [0.717, 1.165) is 10.1 Å². The summed E-state index contributed by atoms with van der Waals surface area (Å²) in [4.78, 5) is 40.0. The van der Waals surface area contributed by atoms with E-state index in [1.165, 1.54) is 0 Å². The van der Waals surface area contributed by atoms with Crippen molar-refractivity contribution in [3.8, 4) is 0 Å². The number of fused-ring (bicyclic) bond motifs is 1. The number of aromatic nitrogens is 2. The van der Waals surface area contributed by atoms with E-state index in [0.29, 0.717) is 43.2 Å². The van der Waals surface area contributed by atoms with Gasteiger partial charge in [0, 0.05) is 18.5 Å². The molecule has 166 valence electrons. The Morgan fingerprint density at radius 2 is 1.75 bits per heavy atom. The summed E-state index contributed by atoms with van der Waals surface area (Å²) in [6.45, 7) is 4.08. The average molecular weight is 436 g/mol. The topological polar surface area (TPSA) is 103 Å². The van der Waals surface area contributed by atoms with Gasteiger partial charge in [0.1, 0.15) is 6.54 Å². The zero-order valence-electron chi connectivity index (χ0n) is 17.7. The second kappa shape index (κ2) is 9.61. The Kier molecular flexibility index (Phi) is 6.46. The van der Waals surface area contributed by atoms with Crippen LogP contribution in [0.25, 0.3) is 10.8 Å². The van der Waals surface area contributed by atoms with Gasteiger partial charge in [-0.2, -0.15) is 5.10 Å². The normalized spacial score (nSPS) is 13.7. The van der Waals surface area contributed by atoms with Gasteiger partial charge < -0.3 is 19.7 Å². The number of rotatable bonds is 6. The molecule has 2 aromatic carbocycles. The smallest absolute Gasteiger partial charge is 0.340 e. The van der Waals surface area contributed by atoms with Crippen molar-refractivity contribution in [2.24, 2.45) is 0 Å². The summed E-state index contributed by atoms with van der Waals surface area (Å²) in [5, 5.41) is 8.44. The molecular weight excluding hydrogens is 412 g/mol. The molecule has 0 atom stereocenters. The molecule has 1 aromatic heterocycles. The summed E-state index contributed by atoms with van der Waals surface area (Å²) in [5.74, 6) is -0.359. The standard InChI is InChI=1S/C23H24N4O5/c1-2-32-23(30)18-9-5-6-10-19(18)24-20(28)15-27-22(29)17-8-4-3-7-16(17)21(25-27)26-11-13-31-14-12-26/h3-10H,2,11-15H2,1H3,(H,24,28). The van der Waals surface area contributed by atoms with Crippen LogP contribution in [0.15, 0.2) is 53.3 Å². The van der Waals surface area contributed by atoms with Crippen LogP contribution < -0.4 is 15.8 Å². The summed E-state index contributed by atoms with van der Waals surface area (Å²) >= 11 is 0. The molecule has 0 unspecified atom stereocenters. The van der Waals surface area contributed by atoms with Crippen molar-refractivity contribution in [2.75, 3.05) is 43.1 Å². The second-order valence-corrected chi connectivity index (χ2v) is 7.25. The molecule has 9 heteroatoms. The van der Waals surface area contributed by atoms with Crippen molar-refractivity contribution >= 4 is 34.2 Å². The maximum absolute atomic E-state index is 13.0. The number of ether oxygens (including phenoxy) is 2. The van der Waals surface area contributed by atoms with Gasteiger partial charge in [-0.1, -0.05) is 30.3 Å². The minimum absolute atomic E-state index is 0.224. The fourth-order valence-electron chi connectivity index (χ4n) is 3.64. The third-order valence-electron chi connectivity index (χ3n) is 5.15. The van der Waals surface area contributed by atoms with Crippen LogP contribution in [0, 0.1) is 0 Å². The average Bonchev–Trinajstić information content (AvgIpc) is 2.82. The van der Waals surface area contributed by atoms with Gasteiger partial charge in [-0.15, -0.1) is 0 Å². The molecule has 1 aliphatic rings. The summed E-state index contributed by atoms with van der Waals surface area (Å²) < 4.78 is 11.6. The van der Waals surface area contributed by atoms with E-state index < -0.39 is 11.9 Å². The Morgan fingerprint density at radius 3 is 2.50 bits per heavy atom. The minimum atomic E-state index is -0.529. The number of nitrogens with one attached hydrogen (secondary N) is 1. The number of carbonyl (C=O) groups is 2. The van der Waals surface area contributed by atoms with E-state index in [9.17, 15) is 14.4 Å². The van der Waals surface area contributed by atoms with Gasteiger partial charge in [0.15, 0.2) is 5.82 Å². The molecule has 1 saturated heterocycles. The molecule has 32 heavy (non-hydrogen) atoms. The lowest BCUT2D eigenvalue weighted by molar-refractivity contribution is -0.117. The molecular formula is C23H24N4O5. The molecule has 0 aliphatic carbocycles.